The van der Waals surface area contributed by atoms with Gasteiger partial charge in [-0.3, -0.25) is 10.8 Å². The standard InChI is InChI=1S/C7H12N2O2/c8-6-3-1-2-4-7(9)11-5-10-6/h8-9H,1-5H2. The molecule has 1 aliphatic rings. The van der Waals surface area contributed by atoms with Crippen LogP contribution in [0.2, 0.25) is 0 Å². The lowest BCUT2D eigenvalue weighted by Gasteiger charge is -2.05. The molecule has 4 nitrogen and oxygen atoms in total. The number of ether oxygens (including phenoxy) is 2. The Kier molecular flexibility index (Phi) is 2.89. The average Bonchev–Trinajstić information content (AvgIpc) is 2.04. The molecule has 0 amide bonds. The first-order valence-corrected chi connectivity index (χ1v) is 3.69. The maximum atomic E-state index is 7.22. The zero-order valence-corrected chi connectivity index (χ0v) is 6.35. The predicted octanol–water partition coefficient (Wildman–Crippen LogP) is 1.51. The molecule has 1 fully saturated rings. The molecule has 4 heteroatoms. The van der Waals surface area contributed by atoms with Crippen LogP contribution in [-0.4, -0.2) is 18.6 Å². The first-order chi connectivity index (χ1) is 5.29. The molecule has 0 aromatic rings. The minimum atomic E-state index is 0.0255. The van der Waals surface area contributed by atoms with Crippen molar-refractivity contribution in [2.75, 3.05) is 6.79 Å². The first-order valence-electron chi connectivity index (χ1n) is 3.69. The van der Waals surface area contributed by atoms with Gasteiger partial charge in [-0.1, -0.05) is 0 Å². The van der Waals surface area contributed by atoms with E-state index in [1.54, 1.807) is 0 Å². The van der Waals surface area contributed by atoms with E-state index < -0.39 is 0 Å². The summed E-state index contributed by atoms with van der Waals surface area (Å²) < 4.78 is 9.71. The second kappa shape index (κ2) is 3.95. The third-order valence-electron chi connectivity index (χ3n) is 1.52. The van der Waals surface area contributed by atoms with E-state index in [0.29, 0.717) is 12.8 Å². The molecule has 1 heterocycles. The fourth-order valence-corrected chi connectivity index (χ4v) is 0.887. The number of hydrogen-bond acceptors (Lipinski definition) is 4. The lowest BCUT2D eigenvalue weighted by molar-refractivity contribution is 0.0930. The molecule has 2 N–H and O–H groups in total. The van der Waals surface area contributed by atoms with Gasteiger partial charge in [-0.05, 0) is 12.8 Å². The highest BCUT2D eigenvalue weighted by molar-refractivity contribution is 5.75. The third-order valence-corrected chi connectivity index (χ3v) is 1.52. The Hall–Kier alpha value is -1.06. The Balaban J connectivity index is 2.35. The Labute approximate surface area is 65.5 Å². The molecule has 1 rings (SSSR count). The summed E-state index contributed by atoms with van der Waals surface area (Å²) in [6.07, 6.45) is 3.14. The van der Waals surface area contributed by atoms with Gasteiger partial charge in [-0.15, -0.1) is 0 Å². The first kappa shape index (κ1) is 8.04. The van der Waals surface area contributed by atoms with E-state index in [0.717, 1.165) is 12.8 Å². The van der Waals surface area contributed by atoms with Crippen LogP contribution in [0.1, 0.15) is 25.7 Å². The minimum Gasteiger partial charge on any atom is -0.445 e. The summed E-state index contributed by atoms with van der Waals surface area (Å²) in [7, 11) is 0. The highest BCUT2D eigenvalue weighted by atomic mass is 16.7. The summed E-state index contributed by atoms with van der Waals surface area (Å²) in [6, 6.07) is 0. The topological polar surface area (TPSA) is 66.2 Å². The van der Waals surface area contributed by atoms with Crippen molar-refractivity contribution >= 4 is 11.8 Å². The number of rotatable bonds is 0. The molecule has 0 unspecified atom stereocenters. The molecule has 0 aromatic heterocycles. The van der Waals surface area contributed by atoms with Gasteiger partial charge in [0.2, 0.25) is 6.79 Å². The molecule has 11 heavy (non-hydrogen) atoms. The van der Waals surface area contributed by atoms with Crippen molar-refractivity contribution in [3.8, 4) is 0 Å². The molecule has 0 bridgehead atoms. The van der Waals surface area contributed by atoms with Crippen molar-refractivity contribution in [3.63, 3.8) is 0 Å². The van der Waals surface area contributed by atoms with Crippen molar-refractivity contribution in [3.05, 3.63) is 0 Å². The molecule has 1 saturated heterocycles. The summed E-state index contributed by atoms with van der Waals surface area (Å²) in [5, 5.41) is 14.4. The highest BCUT2D eigenvalue weighted by Crippen LogP contribution is 2.05. The number of hydrogen-bond donors (Lipinski definition) is 2. The second-order valence-electron chi connectivity index (χ2n) is 2.46. The van der Waals surface area contributed by atoms with Gasteiger partial charge < -0.3 is 9.47 Å². The average molecular weight is 156 g/mol. The Morgan fingerprint density at radius 3 is 1.82 bits per heavy atom. The van der Waals surface area contributed by atoms with Gasteiger partial charge in [0, 0.05) is 12.8 Å². The van der Waals surface area contributed by atoms with Crippen LogP contribution in [0.15, 0.2) is 0 Å². The lowest BCUT2D eigenvalue weighted by atomic mass is 10.2. The van der Waals surface area contributed by atoms with Crippen molar-refractivity contribution in [2.45, 2.75) is 25.7 Å². The van der Waals surface area contributed by atoms with Crippen molar-refractivity contribution in [1.29, 1.82) is 10.8 Å². The zero-order valence-electron chi connectivity index (χ0n) is 6.35. The Morgan fingerprint density at radius 2 is 1.36 bits per heavy atom. The van der Waals surface area contributed by atoms with Gasteiger partial charge in [0.15, 0.2) is 11.8 Å². The van der Waals surface area contributed by atoms with Gasteiger partial charge in [0.25, 0.3) is 0 Å². The molecular formula is C7H12N2O2. The van der Waals surface area contributed by atoms with Gasteiger partial charge in [0.05, 0.1) is 0 Å². The van der Waals surface area contributed by atoms with Crippen LogP contribution in [0.4, 0.5) is 0 Å². The summed E-state index contributed by atoms with van der Waals surface area (Å²) in [6.45, 7) is 0.0255. The van der Waals surface area contributed by atoms with E-state index in [4.69, 9.17) is 20.3 Å². The van der Waals surface area contributed by atoms with Crippen molar-refractivity contribution < 1.29 is 9.47 Å². The maximum absolute atomic E-state index is 7.22. The molecule has 1 aliphatic heterocycles. The molecule has 0 aromatic carbocycles. The van der Waals surface area contributed by atoms with Crippen molar-refractivity contribution in [2.24, 2.45) is 0 Å². The summed E-state index contributed by atoms with van der Waals surface area (Å²) in [4.78, 5) is 0. The van der Waals surface area contributed by atoms with E-state index in [1.165, 1.54) is 0 Å². The van der Waals surface area contributed by atoms with Crippen LogP contribution < -0.4 is 0 Å². The summed E-state index contributed by atoms with van der Waals surface area (Å²) >= 11 is 0. The zero-order chi connectivity index (χ0) is 8.10. The molecule has 62 valence electrons. The van der Waals surface area contributed by atoms with E-state index in [9.17, 15) is 0 Å². The fraction of sp³-hybridized carbons (Fsp3) is 0.714. The van der Waals surface area contributed by atoms with Gasteiger partial charge in [-0.2, -0.15) is 0 Å². The molecule has 0 aliphatic carbocycles. The van der Waals surface area contributed by atoms with Crippen LogP contribution in [-0.2, 0) is 9.47 Å². The van der Waals surface area contributed by atoms with Gasteiger partial charge >= 0.3 is 0 Å². The van der Waals surface area contributed by atoms with E-state index >= 15 is 0 Å². The van der Waals surface area contributed by atoms with Gasteiger partial charge in [-0.25, -0.2) is 0 Å². The SMILES string of the molecule is N=C1CCCCC(=N)OCO1. The third kappa shape index (κ3) is 3.02. The Morgan fingerprint density at radius 1 is 0.909 bits per heavy atom. The fourth-order valence-electron chi connectivity index (χ4n) is 0.887. The predicted molar refractivity (Wildman–Crippen MR) is 41.0 cm³/mol. The highest BCUT2D eigenvalue weighted by Gasteiger charge is 2.05. The molecule has 0 saturated carbocycles. The van der Waals surface area contributed by atoms with E-state index in [1.807, 2.05) is 0 Å². The summed E-state index contributed by atoms with van der Waals surface area (Å²) in [5.74, 6) is 0.527. The smallest absolute Gasteiger partial charge is 0.233 e. The maximum Gasteiger partial charge on any atom is 0.233 e. The summed E-state index contributed by atoms with van der Waals surface area (Å²) in [5.41, 5.74) is 0. The Bertz CT molecular complexity index is 150. The largest absolute Gasteiger partial charge is 0.445 e. The quantitative estimate of drug-likeness (QED) is 0.558. The molecule has 0 atom stereocenters. The lowest BCUT2D eigenvalue weighted by Crippen LogP contribution is -2.08. The van der Waals surface area contributed by atoms with Crippen LogP contribution in [0.3, 0.4) is 0 Å². The molecule has 0 radical (unpaired) electrons. The van der Waals surface area contributed by atoms with Crippen LogP contribution in [0, 0.1) is 10.8 Å². The second-order valence-corrected chi connectivity index (χ2v) is 2.46. The minimum absolute atomic E-state index is 0.0255. The molecule has 0 spiro atoms. The van der Waals surface area contributed by atoms with Crippen LogP contribution >= 0.6 is 0 Å². The van der Waals surface area contributed by atoms with Crippen LogP contribution in [0.5, 0.6) is 0 Å². The normalized spacial score (nSPS) is 20.7. The number of nitrogens with one attached hydrogen (secondary N) is 2. The molecular weight excluding hydrogens is 144 g/mol. The van der Waals surface area contributed by atoms with Crippen molar-refractivity contribution in [1.82, 2.24) is 0 Å². The van der Waals surface area contributed by atoms with E-state index in [-0.39, 0.29) is 18.6 Å². The monoisotopic (exact) mass is 156 g/mol. The van der Waals surface area contributed by atoms with E-state index in [2.05, 4.69) is 0 Å². The van der Waals surface area contributed by atoms with Gasteiger partial charge in [0.1, 0.15) is 0 Å². The van der Waals surface area contributed by atoms with Crippen LogP contribution in [0.25, 0.3) is 0 Å².